The van der Waals surface area contributed by atoms with Gasteiger partial charge in [0.15, 0.2) is 11.8 Å². The highest BCUT2D eigenvalue weighted by Crippen LogP contribution is 2.31. The van der Waals surface area contributed by atoms with Gasteiger partial charge in [-0.3, -0.25) is 19.2 Å². The maximum absolute atomic E-state index is 13.4. The Morgan fingerprint density at radius 1 is 0.440 bits per heavy atom. The number of esters is 4. The molecular formula is C40H50N2O8. The number of hydrogen-bond donors (Lipinski definition) is 0. The van der Waals surface area contributed by atoms with Gasteiger partial charge in [0.2, 0.25) is 0 Å². The van der Waals surface area contributed by atoms with Gasteiger partial charge in [-0.2, -0.15) is 0 Å². The predicted molar refractivity (Wildman–Crippen MR) is 191 cm³/mol. The summed E-state index contributed by atoms with van der Waals surface area (Å²) in [5, 5.41) is 1.66. The van der Waals surface area contributed by atoms with E-state index >= 15 is 0 Å². The van der Waals surface area contributed by atoms with Crippen molar-refractivity contribution in [3.63, 3.8) is 0 Å². The van der Waals surface area contributed by atoms with Crippen LogP contribution in [0.5, 0.6) is 0 Å². The first-order valence-electron chi connectivity index (χ1n) is 18.1. The molecule has 0 N–H and O–H groups in total. The van der Waals surface area contributed by atoms with Crippen molar-refractivity contribution in [2.75, 3.05) is 26.4 Å². The SMILES string of the molecule is Cn1cc(C2C(=O)OCCCCCCCCOC(=O)C(c3cn(C)c4ccccc34)C(=O)OCCCCCCCCOC2=O)c2ccccc21. The second-order valence-corrected chi connectivity index (χ2v) is 13.2. The zero-order valence-corrected chi connectivity index (χ0v) is 29.4. The third-order valence-electron chi connectivity index (χ3n) is 9.48. The topological polar surface area (TPSA) is 115 Å². The molecule has 10 heteroatoms. The molecule has 5 rings (SSSR count). The first-order chi connectivity index (χ1) is 24.4. The van der Waals surface area contributed by atoms with Crippen LogP contribution in [0.4, 0.5) is 0 Å². The van der Waals surface area contributed by atoms with Crippen LogP contribution in [-0.2, 0) is 52.2 Å². The Morgan fingerprint density at radius 2 is 0.720 bits per heavy atom. The molecule has 3 heterocycles. The number of hydrogen-bond acceptors (Lipinski definition) is 8. The van der Waals surface area contributed by atoms with Crippen molar-refractivity contribution >= 4 is 45.7 Å². The zero-order chi connectivity index (χ0) is 35.3. The summed E-state index contributed by atoms with van der Waals surface area (Å²) in [4.78, 5) is 53.4. The minimum absolute atomic E-state index is 0.219. The number of aryl methyl sites for hydroxylation is 2. The fraction of sp³-hybridized carbons (Fsp3) is 0.500. The van der Waals surface area contributed by atoms with E-state index in [9.17, 15) is 19.2 Å². The molecule has 1 aliphatic heterocycles. The van der Waals surface area contributed by atoms with Gasteiger partial charge in [0.1, 0.15) is 0 Å². The molecule has 0 radical (unpaired) electrons. The van der Waals surface area contributed by atoms with E-state index in [1.807, 2.05) is 84.2 Å². The summed E-state index contributed by atoms with van der Waals surface area (Å²) in [5.74, 6) is -4.64. The van der Waals surface area contributed by atoms with E-state index in [1.165, 1.54) is 0 Å². The van der Waals surface area contributed by atoms with E-state index < -0.39 is 35.7 Å². The highest BCUT2D eigenvalue weighted by Gasteiger charge is 2.35. The third kappa shape index (κ3) is 9.34. The monoisotopic (exact) mass is 686 g/mol. The van der Waals surface area contributed by atoms with Crippen molar-refractivity contribution in [1.82, 2.24) is 9.13 Å². The number of ether oxygens (including phenoxy) is 4. The van der Waals surface area contributed by atoms with E-state index in [0.29, 0.717) is 36.8 Å². The van der Waals surface area contributed by atoms with Crippen LogP contribution in [0.25, 0.3) is 21.8 Å². The van der Waals surface area contributed by atoms with Crippen LogP contribution >= 0.6 is 0 Å². The quantitative estimate of drug-likeness (QED) is 0.122. The fourth-order valence-corrected chi connectivity index (χ4v) is 6.75. The molecule has 0 unspecified atom stereocenters. The predicted octanol–water partition coefficient (Wildman–Crippen LogP) is 7.41. The van der Waals surface area contributed by atoms with Gasteiger partial charge in [-0.05, 0) is 37.8 Å². The Morgan fingerprint density at radius 3 is 1.04 bits per heavy atom. The number of rotatable bonds is 2. The summed E-state index contributed by atoms with van der Waals surface area (Å²) in [6, 6.07) is 15.4. The number of carbonyl (C=O) groups is 4. The van der Waals surface area contributed by atoms with Gasteiger partial charge in [0, 0.05) is 59.4 Å². The van der Waals surface area contributed by atoms with E-state index in [4.69, 9.17) is 18.9 Å². The minimum atomic E-state index is -1.15. The largest absolute Gasteiger partial charge is 0.465 e. The molecule has 268 valence electrons. The molecule has 2 aromatic heterocycles. The number of cyclic esters (lactones) is 4. The molecule has 0 atom stereocenters. The first-order valence-corrected chi connectivity index (χ1v) is 18.1. The lowest BCUT2D eigenvalue weighted by atomic mass is 9.98. The average Bonchev–Trinajstić information content (AvgIpc) is 3.62. The van der Waals surface area contributed by atoms with Crippen molar-refractivity contribution in [3.8, 4) is 0 Å². The normalized spacial score (nSPS) is 20.9. The summed E-state index contributed by atoms with van der Waals surface area (Å²) in [7, 11) is 3.78. The Bertz CT molecular complexity index is 1580. The van der Waals surface area contributed by atoms with Crippen LogP contribution in [0.2, 0.25) is 0 Å². The number of nitrogens with zero attached hydrogens (tertiary/aromatic N) is 2. The van der Waals surface area contributed by atoms with Gasteiger partial charge < -0.3 is 28.1 Å². The summed E-state index contributed by atoms with van der Waals surface area (Å²) >= 11 is 0. The van der Waals surface area contributed by atoms with E-state index in [0.717, 1.165) is 73.2 Å². The number of carbonyl (C=O) groups excluding carboxylic acids is 4. The van der Waals surface area contributed by atoms with Gasteiger partial charge in [0.05, 0.1) is 26.4 Å². The maximum Gasteiger partial charge on any atom is 0.324 e. The molecular weight excluding hydrogens is 636 g/mol. The minimum Gasteiger partial charge on any atom is -0.465 e. The number of para-hydroxylation sites is 2. The lowest BCUT2D eigenvalue weighted by molar-refractivity contribution is -0.159. The van der Waals surface area contributed by atoms with Gasteiger partial charge in [-0.25, -0.2) is 0 Å². The first kappa shape index (κ1) is 36.7. The second-order valence-electron chi connectivity index (χ2n) is 13.2. The van der Waals surface area contributed by atoms with Gasteiger partial charge >= 0.3 is 23.9 Å². The molecule has 10 nitrogen and oxygen atoms in total. The Balaban J connectivity index is 1.19. The molecule has 0 spiro atoms. The van der Waals surface area contributed by atoms with Crippen molar-refractivity contribution < 1.29 is 38.1 Å². The standard InChI is InChI=1S/C40H50N2O8/c1-41-27-31(29-19-11-13-21-33(29)41)35-37(43)47-23-15-7-3-5-9-17-25-49-39(45)36(32-28-42(2)34-22-14-12-20-30(32)34)40(46)50-26-18-10-6-4-8-16-24-48-38(35)44/h11-14,19-22,27-28,35-36H,3-10,15-18,23-26H2,1-2H3. The molecule has 0 bridgehead atoms. The molecule has 2 aromatic carbocycles. The third-order valence-corrected chi connectivity index (χ3v) is 9.48. The molecule has 50 heavy (non-hydrogen) atoms. The lowest BCUT2D eigenvalue weighted by Gasteiger charge is -2.16. The van der Waals surface area contributed by atoms with Crippen molar-refractivity contribution in [3.05, 3.63) is 72.1 Å². The molecule has 4 aromatic rings. The molecule has 1 aliphatic rings. The second kappa shape index (κ2) is 18.4. The maximum atomic E-state index is 13.4. The highest BCUT2D eigenvalue weighted by molar-refractivity contribution is 6.05. The van der Waals surface area contributed by atoms with Crippen LogP contribution in [-0.4, -0.2) is 59.4 Å². The average molecular weight is 687 g/mol. The van der Waals surface area contributed by atoms with E-state index in [1.54, 1.807) is 0 Å². The van der Waals surface area contributed by atoms with E-state index in [2.05, 4.69) is 0 Å². The van der Waals surface area contributed by atoms with Gasteiger partial charge in [-0.15, -0.1) is 0 Å². The van der Waals surface area contributed by atoms with Crippen molar-refractivity contribution in [2.24, 2.45) is 14.1 Å². The van der Waals surface area contributed by atoms with Crippen molar-refractivity contribution in [1.29, 1.82) is 0 Å². The smallest absolute Gasteiger partial charge is 0.324 e. The van der Waals surface area contributed by atoms with Crippen molar-refractivity contribution in [2.45, 2.75) is 88.9 Å². The molecule has 0 saturated carbocycles. The zero-order valence-electron chi connectivity index (χ0n) is 29.4. The molecule has 0 aliphatic carbocycles. The number of fused-ring (bicyclic) bond motifs is 2. The van der Waals surface area contributed by atoms with Crippen LogP contribution in [0, 0.1) is 0 Å². The van der Waals surface area contributed by atoms with Gasteiger partial charge in [0.25, 0.3) is 0 Å². The Hall–Kier alpha value is -4.60. The van der Waals surface area contributed by atoms with Crippen LogP contribution in [0.3, 0.4) is 0 Å². The number of benzene rings is 2. The Labute approximate surface area is 294 Å². The fourth-order valence-electron chi connectivity index (χ4n) is 6.75. The number of aromatic nitrogens is 2. The summed E-state index contributed by atoms with van der Waals surface area (Å²) < 4.78 is 26.4. The van der Waals surface area contributed by atoms with Gasteiger partial charge in [-0.1, -0.05) is 87.8 Å². The lowest BCUT2D eigenvalue weighted by Crippen LogP contribution is -2.26. The molecule has 1 saturated heterocycles. The van der Waals surface area contributed by atoms with Crippen LogP contribution < -0.4 is 0 Å². The van der Waals surface area contributed by atoms with Crippen LogP contribution in [0.1, 0.15) is 100 Å². The Kier molecular flexibility index (Phi) is 13.5. The van der Waals surface area contributed by atoms with E-state index in [-0.39, 0.29) is 26.4 Å². The summed E-state index contributed by atoms with van der Waals surface area (Å²) in [6.45, 7) is 0.876. The highest BCUT2D eigenvalue weighted by atomic mass is 16.6. The van der Waals surface area contributed by atoms with Crippen LogP contribution in [0.15, 0.2) is 60.9 Å². The summed E-state index contributed by atoms with van der Waals surface area (Å²) in [5.41, 5.74) is 3.04. The molecule has 1 fully saturated rings. The summed E-state index contributed by atoms with van der Waals surface area (Å²) in [6.07, 6.45) is 13.4. The molecule has 0 amide bonds.